The highest BCUT2D eigenvalue weighted by Crippen LogP contribution is 2.31. The maximum Gasteiger partial charge on any atom is 0.331 e. The summed E-state index contributed by atoms with van der Waals surface area (Å²) in [6, 6.07) is 5.44. The predicted octanol–water partition coefficient (Wildman–Crippen LogP) is 3.57. The van der Waals surface area contributed by atoms with Crippen LogP contribution in [-0.4, -0.2) is 30.4 Å². The molecule has 8 heteroatoms. The number of carboxylic acids is 1. The number of nitrogens with zero attached hydrogens (tertiary/aromatic N) is 4. The molecule has 6 nitrogen and oxygen atoms in total. The van der Waals surface area contributed by atoms with Gasteiger partial charge in [-0.2, -0.15) is 5.10 Å². The maximum absolute atomic E-state index is 13.5. The summed E-state index contributed by atoms with van der Waals surface area (Å²) >= 11 is 0. The number of aryl methyl sites for hydroxylation is 1. The van der Waals surface area contributed by atoms with Crippen LogP contribution in [0.25, 0.3) is 22.9 Å². The van der Waals surface area contributed by atoms with Crippen LogP contribution in [-0.2, 0) is 11.8 Å². The Morgan fingerprint density at radius 3 is 2.80 bits per heavy atom. The van der Waals surface area contributed by atoms with E-state index in [-0.39, 0.29) is 17.6 Å². The number of alkyl halides is 2. The van der Waals surface area contributed by atoms with Crippen LogP contribution < -0.4 is 0 Å². The highest BCUT2D eigenvalue weighted by molar-refractivity contribution is 5.93. The average Bonchev–Trinajstić information content (AvgIpc) is 3.13. The molecular weight excluding hydrogens is 330 g/mol. The minimum absolute atomic E-state index is 0.0283. The van der Waals surface area contributed by atoms with Crippen LogP contribution in [0.5, 0.6) is 0 Å². The van der Waals surface area contributed by atoms with E-state index in [0.717, 1.165) is 5.39 Å². The zero-order valence-corrected chi connectivity index (χ0v) is 13.6. The Labute approximate surface area is 142 Å². The first-order valence-electron chi connectivity index (χ1n) is 7.65. The first kappa shape index (κ1) is 16.8. The molecule has 0 aliphatic rings. The minimum atomic E-state index is -2.83. The summed E-state index contributed by atoms with van der Waals surface area (Å²) in [6.45, 7) is 1.66. The molecule has 25 heavy (non-hydrogen) atoms. The van der Waals surface area contributed by atoms with E-state index in [9.17, 15) is 18.7 Å². The van der Waals surface area contributed by atoms with Gasteiger partial charge in [0.25, 0.3) is 6.43 Å². The van der Waals surface area contributed by atoms with Crippen LogP contribution in [0.1, 0.15) is 31.0 Å². The van der Waals surface area contributed by atoms with Crippen molar-refractivity contribution in [1.29, 1.82) is 0 Å². The van der Waals surface area contributed by atoms with E-state index < -0.39 is 18.1 Å². The molecule has 0 spiro atoms. The molecule has 0 bridgehead atoms. The van der Waals surface area contributed by atoms with Crippen molar-refractivity contribution in [3.63, 3.8) is 0 Å². The van der Waals surface area contributed by atoms with Crippen molar-refractivity contribution in [2.24, 2.45) is 7.05 Å². The van der Waals surface area contributed by atoms with Gasteiger partial charge in [0, 0.05) is 36.0 Å². The van der Waals surface area contributed by atoms with Crippen LogP contribution in [0.2, 0.25) is 0 Å². The number of hydrogen-bond donors (Lipinski definition) is 1. The molecule has 0 aliphatic carbocycles. The third-order valence-corrected chi connectivity index (χ3v) is 3.94. The van der Waals surface area contributed by atoms with Gasteiger partial charge in [-0.05, 0) is 30.7 Å². The van der Waals surface area contributed by atoms with E-state index in [1.54, 1.807) is 37.0 Å². The maximum atomic E-state index is 13.5. The van der Waals surface area contributed by atoms with Crippen molar-refractivity contribution >= 4 is 23.1 Å². The number of carbonyl (C=O) groups is 1. The third kappa shape index (κ3) is 2.90. The van der Waals surface area contributed by atoms with Crippen molar-refractivity contribution in [3.05, 3.63) is 47.4 Å². The van der Waals surface area contributed by atoms with Gasteiger partial charge in [-0.15, -0.1) is 0 Å². The van der Waals surface area contributed by atoms with E-state index in [1.807, 2.05) is 12.1 Å². The molecule has 0 fully saturated rings. The van der Waals surface area contributed by atoms with Crippen LogP contribution in [0.15, 0.2) is 36.2 Å². The summed E-state index contributed by atoms with van der Waals surface area (Å²) < 4.78 is 29.9. The first-order valence-corrected chi connectivity index (χ1v) is 7.65. The Morgan fingerprint density at radius 1 is 1.40 bits per heavy atom. The number of carboxylic acid groups (broad SMARTS) is 1. The molecule has 3 aromatic rings. The highest BCUT2D eigenvalue weighted by atomic mass is 19.3. The van der Waals surface area contributed by atoms with Gasteiger partial charge < -0.3 is 5.11 Å². The molecule has 0 saturated carbocycles. The normalized spacial score (nSPS) is 12.3. The largest absolute Gasteiger partial charge is 0.478 e. The smallest absolute Gasteiger partial charge is 0.331 e. The number of aliphatic carboxylic acids is 1. The summed E-state index contributed by atoms with van der Waals surface area (Å²) in [7, 11) is 1.54. The second-order valence-electron chi connectivity index (χ2n) is 5.48. The fourth-order valence-corrected chi connectivity index (χ4v) is 2.76. The molecule has 0 aliphatic heterocycles. The second-order valence-corrected chi connectivity index (χ2v) is 5.48. The molecule has 130 valence electrons. The molecule has 0 saturated heterocycles. The summed E-state index contributed by atoms with van der Waals surface area (Å²) in [5, 5.41) is 14.0. The number of hydrogen-bond acceptors (Lipinski definition) is 3. The highest BCUT2D eigenvalue weighted by Gasteiger charge is 2.24. The fraction of sp³-hybridized carbons (Fsp3) is 0.235. The van der Waals surface area contributed by atoms with Crippen molar-refractivity contribution in [3.8, 4) is 5.82 Å². The van der Waals surface area contributed by atoms with Crippen LogP contribution >= 0.6 is 0 Å². The van der Waals surface area contributed by atoms with E-state index >= 15 is 0 Å². The zero-order valence-electron chi connectivity index (χ0n) is 13.6. The van der Waals surface area contributed by atoms with Crippen molar-refractivity contribution in [2.75, 3.05) is 0 Å². The van der Waals surface area contributed by atoms with E-state index in [2.05, 4.69) is 10.1 Å². The van der Waals surface area contributed by atoms with Crippen molar-refractivity contribution in [2.45, 2.75) is 19.8 Å². The molecule has 3 heterocycles. The van der Waals surface area contributed by atoms with Gasteiger partial charge in [-0.1, -0.05) is 6.92 Å². The van der Waals surface area contributed by atoms with E-state index in [1.165, 1.54) is 10.8 Å². The van der Waals surface area contributed by atoms with Crippen LogP contribution in [0.4, 0.5) is 8.78 Å². The summed E-state index contributed by atoms with van der Waals surface area (Å²) in [4.78, 5) is 15.6. The zero-order chi connectivity index (χ0) is 18.1. The van der Waals surface area contributed by atoms with Gasteiger partial charge in [0.2, 0.25) is 0 Å². The minimum Gasteiger partial charge on any atom is -0.478 e. The van der Waals surface area contributed by atoms with Crippen LogP contribution in [0, 0.1) is 0 Å². The summed E-state index contributed by atoms with van der Waals surface area (Å²) in [5.74, 6) is -0.802. The number of pyridine rings is 1. The van der Waals surface area contributed by atoms with Gasteiger partial charge in [0.1, 0.15) is 17.2 Å². The molecule has 0 atom stereocenters. The molecule has 0 aromatic carbocycles. The van der Waals surface area contributed by atoms with E-state index in [0.29, 0.717) is 11.5 Å². The average molecular weight is 346 g/mol. The molecule has 0 radical (unpaired) electrons. The molecular formula is C17H16F2N4O2. The van der Waals surface area contributed by atoms with Crippen LogP contribution in [0.3, 0.4) is 0 Å². The molecule has 3 rings (SSSR count). The standard InChI is InChI=1S/C17H16F2N4O2/c1-3-10(17(24)25)9-12-13(14(18)19)21-22(2)16(12)23-8-6-11-5-4-7-20-15(11)23/h4-9,14H,3H2,1-2H3,(H,24,25)/b10-9+. The number of aromatic nitrogens is 4. The lowest BCUT2D eigenvalue weighted by molar-refractivity contribution is -0.132. The Kier molecular flexibility index (Phi) is 4.35. The monoisotopic (exact) mass is 346 g/mol. The summed E-state index contributed by atoms with van der Waals surface area (Å²) in [5.41, 5.74) is 0.234. The van der Waals surface area contributed by atoms with Gasteiger partial charge >= 0.3 is 5.97 Å². The number of rotatable bonds is 5. The van der Waals surface area contributed by atoms with E-state index in [4.69, 9.17) is 0 Å². The second kappa shape index (κ2) is 6.46. The third-order valence-electron chi connectivity index (χ3n) is 3.94. The number of fused-ring (bicyclic) bond motifs is 1. The molecule has 3 aromatic heterocycles. The lowest BCUT2D eigenvalue weighted by Gasteiger charge is -2.08. The van der Waals surface area contributed by atoms with Crippen molar-refractivity contribution < 1.29 is 18.7 Å². The predicted molar refractivity (Wildman–Crippen MR) is 88.7 cm³/mol. The van der Waals surface area contributed by atoms with Crippen molar-refractivity contribution in [1.82, 2.24) is 19.3 Å². The SMILES string of the molecule is CC/C(=C\c1c(C(F)F)nn(C)c1-n1ccc2cccnc21)C(=O)O. The van der Waals surface area contributed by atoms with Gasteiger partial charge in [0.05, 0.1) is 0 Å². The summed E-state index contributed by atoms with van der Waals surface area (Å²) in [6.07, 6.45) is 1.95. The Hall–Kier alpha value is -3.03. The quantitative estimate of drug-likeness (QED) is 0.717. The molecule has 0 amide bonds. The van der Waals surface area contributed by atoms with Gasteiger partial charge in [-0.25, -0.2) is 18.6 Å². The van der Waals surface area contributed by atoms with Gasteiger partial charge in [0.15, 0.2) is 0 Å². The first-order chi connectivity index (χ1) is 11.9. The lowest BCUT2D eigenvalue weighted by Crippen LogP contribution is -2.05. The Bertz CT molecular complexity index is 972. The molecule has 0 unspecified atom stereocenters. The number of halogens is 2. The Morgan fingerprint density at radius 2 is 2.16 bits per heavy atom. The Balaban J connectivity index is 2.32. The van der Waals surface area contributed by atoms with Gasteiger partial charge in [-0.3, -0.25) is 9.25 Å². The fourth-order valence-electron chi connectivity index (χ4n) is 2.76. The lowest BCUT2D eigenvalue weighted by atomic mass is 10.1. The topological polar surface area (TPSA) is 72.9 Å². The molecule has 1 N–H and O–H groups in total.